The first-order chi connectivity index (χ1) is 8.99. The summed E-state index contributed by atoms with van der Waals surface area (Å²) < 4.78 is 13.3. The minimum absolute atomic E-state index is 0.0929. The number of likely N-dealkylation sites (N-methyl/N-ethyl adjacent to an activating group) is 1. The van der Waals surface area contributed by atoms with E-state index in [0.29, 0.717) is 6.54 Å². The molecule has 0 spiro atoms. The summed E-state index contributed by atoms with van der Waals surface area (Å²) in [5.74, 6) is -1.05. The van der Waals surface area contributed by atoms with Gasteiger partial charge in [-0.05, 0) is 25.2 Å². The van der Waals surface area contributed by atoms with Crippen LogP contribution in [0, 0.1) is 5.82 Å². The lowest BCUT2D eigenvalue weighted by atomic mass is 10.2. The third-order valence-electron chi connectivity index (χ3n) is 2.86. The highest BCUT2D eigenvalue weighted by atomic mass is 35.5. The van der Waals surface area contributed by atoms with Gasteiger partial charge < -0.3 is 10.2 Å². The van der Waals surface area contributed by atoms with Gasteiger partial charge in [0.15, 0.2) is 0 Å². The molecule has 0 aromatic heterocycles. The highest BCUT2D eigenvalue weighted by Crippen LogP contribution is 2.24. The maximum Gasteiger partial charge on any atom is 0.252 e. The molecule has 0 aliphatic heterocycles. The molecule has 1 N–H and O–H groups in total. The van der Waals surface area contributed by atoms with E-state index in [4.69, 9.17) is 23.2 Å². The summed E-state index contributed by atoms with van der Waals surface area (Å²) >= 11 is 11.4. The Kier molecular flexibility index (Phi) is 6.55. The van der Waals surface area contributed by atoms with Crippen LogP contribution in [0.15, 0.2) is 12.1 Å². The molecule has 0 unspecified atom stereocenters. The molecule has 0 aliphatic rings. The third-order valence-corrected chi connectivity index (χ3v) is 3.46. The summed E-state index contributed by atoms with van der Waals surface area (Å²) in [6, 6.07) is 2.29. The van der Waals surface area contributed by atoms with E-state index in [0.717, 1.165) is 25.7 Å². The number of carbonyl (C=O) groups is 1. The first kappa shape index (κ1) is 16.2. The van der Waals surface area contributed by atoms with Crippen LogP contribution < -0.4 is 5.32 Å². The molecule has 1 aromatic carbocycles. The Labute approximate surface area is 122 Å². The van der Waals surface area contributed by atoms with Crippen LogP contribution in [-0.4, -0.2) is 37.0 Å². The van der Waals surface area contributed by atoms with Crippen molar-refractivity contribution in [2.75, 3.05) is 26.2 Å². The van der Waals surface area contributed by atoms with E-state index in [1.165, 1.54) is 6.07 Å². The lowest BCUT2D eigenvalue weighted by Crippen LogP contribution is -2.34. The van der Waals surface area contributed by atoms with Crippen LogP contribution in [0.2, 0.25) is 10.0 Å². The summed E-state index contributed by atoms with van der Waals surface area (Å²) in [6.45, 7) is 7.17. The first-order valence-electron chi connectivity index (χ1n) is 6.14. The monoisotopic (exact) mass is 306 g/mol. The molecule has 6 heteroatoms. The number of halogens is 3. The van der Waals surface area contributed by atoms with E-state index >= 15 is 0 Å². The number of hydrogen-bond donors (Lipinski definition) is 1. The summed E-state index contributed by atoms with van der Waals surface area (Å²) in [6.07, 6.45) is 0. The van der Waals surface area contributed by atoms with Gasteiger partial charge >= 0.3 is 0 Å². The highest BCUT2D eigenvalue weighted by Gasteiger charge is 2.14. The van der Waals surface area contributed by atoms with Crippen molar-refractivity contribution < 1.29 is 9.18 Å². The van der Waals surface area contributed by atoms with Crippen LogP contribution >= 0.6 is 23.2 Å². The van der Waals surface area contributed by atoms with Gasteiger partial charge in [0.25, 0.3) is 5.91 Å². The Bertz CT molecular complexity index is 451. The summed E-state index contributed by atoms with van der Waals surface area (Å²) in [5.41, 5.74) is 0.100. The van der Waals surface area contributed by atoms with E-state index < -0.39 is 11.7 Å². The molecular weight excluding hydrogens is 290 g/mol. The van der Waals surface area contributed by atoms with Crippen molar-refractivity contribution in [3.8, 4) is 0 Å². The lowest BCUT2D eigenvalue weighted by molar-refractivity contribution is 0.0948. The van der Waals surface area contributed by atoms with Gasteiger partial charge in [-0.25, -0.2) is 4.39 Å². The molecule has 1 amide bonds. The van der Waals surface area contributed by atoms with Gasteiger partial charge in [0.2, 0.25) is 0 Å². The smallest absolute Gasteiger partial charge is 0.252 e. The average molecular weight is 307 g/mol. The maximum atomic E-state index is 13.3. The molecule has 0 fully saturated rings. The molecule has 1 rings (SSSR count). The van der Waals surface area contributed by atoms with Crippen LogP contribution in [-0.2, 0) is 0 Å². The number of nitrogens with zero attached hydrogens (tertiary/aromatic N) is 1. The van der Waals surface area contributed by atoms with E-state index in [1.54, 1.807) is 0 Å². The normalized spacial score (nSPS) is 10.8. The molecule has 1 aromatic rings. The zero-order valence-electron chi connectivity index (χ0n) is 11.0. The molecule has 0 radical (unpaired) electrons. The van der Waals surface area contributed by atoms with Gasteiger partial charge in [0.05, 0.1) is 15.6 Å². The fourth-order valence-electron chi connectivity index (χ4n) is 1.66. The molecular formula is C13H17Cl2FN2O. The summed E-state index contributed by atoms with van der Waals surface area (Å²) in [5, 5.41) is 2.76. The second-order valence-electron chi connectivity index (χ2n) is 4.03. The minimum atomic E-state index is -0.653. The predicted molar refractivity (Wildman–Crippen MR) is 76.5 cm³/mol. The number of rotatable bonds is 6. The second kappa shape index (κ2) is 7.68. The molecule has 3 nitrogen and oxygen atoms in total. The van der Waals surface area contributed by atoms with Crippen LogP contribution in [0.25, 0.3) is 0 Å². The zero-order valence-corrected chi connectivity index (χ0v) is 12.5. The fourth-order valence-corrected chi connectivity index (χ4v) is 2.13. The molecule has 0 bridgehead atoms. The standard InChI is InChI=1S/C13H17Cl2FN2O/c1-3-18(4-2)6-5-17-13(19)9-7-12(16)11(15)8-10(9)14/h7-8H,3-6H2,1-2H3,(H,17,19). The molecule has 0 aliphatic carbocycles. The Hall–Kier alpha value is -0.840. The quantitative estimate of drug-likeness (QED) is 0.819. The van der Waals surface area contributed by atoms with Crippen molar-refractivity contribution in [3.05, 3.63) is 33.6 Å². The number of benzene rings is 1. The molecule has 0 saturated carbocycles. The fraction of sp³-hybridized carbons (Fsp3) is 0.462. The van der Waals surface area contributed by atoms with Crippen molar-refractivity contribution in [1.29, 1.82) is 0 Å². The average Bonchev–Trinajstić information content (AvgIpc) is 2.38. The van der Waals surface area contributed by atoms with Crippen molar-refractivity contribution in [2.24, 2.45) is 0 Å². The second-order valence-corrected chi connectivity index (χ2v) is 4.84. The minimum Gasteiger partial charge on any atom is -0.351 e. The van der Waals surface area contributed by atoms with E-state index in [9.17, 15) is 9.18 Å². The summed E-state index contributed by atoms with van der Waals surface area (Å²) in [4.78, 5) is 14.0. The molecule has 0 heterocycles. The van der Waals surface area contributed by atoms with Crippen molar-refractivity contribution in [1.82, 2.24) is 10.2 Å². The number of carbonyl (C=O) groups excluding carboxylic acids is 1. The van der Waals surface area contributed by atoms with Crippen molar-refractivity contribution in [3.63, 3.8) is 0 Å². The van der Waals surface area contributed by atoms with E-state index in [1.807, 2.05) is 0 Å². The van der Waals surface area contributed by atoms with Gasteiger partial charge in [0, 0.05) is 13.1 Å². The zero-order chi connectivity index (χ0) is 14.4. The van der Waals surface area contributed by atoms with Gasteiger partial charge in [0.1, 0.15) is 5.82 Å². The van der Waals surface area contributed by atoms with E-state index in [-0.39, 0.29) is 15.6 Å². The largest absolute Gasteiger partial charge is 0.351 e. The Balaban J connectivity index is 2.61. The topological polar surface area (TPSA) is 32.3 Å². The van der Waals surface area contributed by atoms with Crippen LogP contribution in [0.4, 0.5) is 4.39 Å². The van der Waals surface area contributed by atoms with Gasteiger partial charge in [-0.15, -0.1) is 0 Å². The molecule has 19 heavy (non-hydrogen) atoms. The van der Waals surface area contributed by atoms with Gasteiger partial charge in [-0.1, -0.05) is 37.0 Å². The van der Waals surface area contributed by atoms with Crippen LogP contribution in [0.1, 0.15) is 24.2 Å². The SMILES string of the molecule is CCN(CC)CCNC(=O)c1cc(F)c(Cl)cc1Cl. The predicted octanol–water partition coefficient (Wildman–Crippen LogP) is 3.20. The van der Waals surface area contributed by atoms with Gasteiger partial charge in [-0.2, -0.15) is 0 Å². The van der Waals surface area contributed by atoms with E-state index in [2.05, 4.69) is 24.1 Å². The first-order valence-corrected chi connectivity index (χ1v) is 6.90. The summed E-state index contributed by atoms with van der Waals surface area (Å²) in [7, 11) is 0. The highest BCUT2D eigenvalue weighted by molar-refractivity contribution is 6.36. The van der Waals surface area contributed by atoms with Crippen molar-refractivity contribution in [2.45, 2.75) is 13.8 Å². The number of nitrogens with one attached hydrogen (secondary N) is 1. The Morgan fingerprint density at radius 1 is 1.26 bits per heavy atom. The van der Waals surface area contributed by atoms with Crippen molar-refractivity contribution >= 4 is 29.1 Å². The Morgan fingerprint density at radius 2 is 1.89 bits per heavy atom. The lowest BCUT2D eigenvalue weighted by Gasteiger charge is -2.18. The molecule has 0 atom stereocenters. The Morgan fingerprint density at radius 3 is 2.47 bits per heavy atom. The number of amides is 1. The van der Waals surface area contributed by atoms with Crippen LogP contribution in [0.5, 0.6) is 0 Å². The third kappa shape index (κ3) is 4.64. The van der Waals surface area contributed by atoms with Gasteiger partial charge in [-0.3, -0.25) is 4.79 Å². The maximum absolute atomic E-state index is 13.3. The molecule has 106 valence electrons. The molecule has 0 saturated heterocycles. The number of hydrogen-bond acceptors (Lipinski definition) is 2. The van der Waals surface area contributed by atoms with Crippen LogP contribution in [0.3, 0.4) is 0 Å².